The second-order valence-corrected chi connectivity index (χ2v) is 6.12. The third-order valence-electron chi connectivity index (χ3n) is 4.13. The number of hydrogen-bond donors (Lipinski definition) is 1. The minimum atomic E-state index is 0.305. The Kier molecular flexibility index (Phi) is 5.58. The molecule has 0 aliphatic carbocycles. The number of rotatable bonds is 5. The van der Waals surface area contributed by atoms with Crippen molar-refractivity contribution >= 4 is 0 Å². The van der Waals surface area contributed by atoms with Crippen LogP contribution < -0.4 is 5.32 Å². The van der Waals surface area contributed by atoms with Crippen molar-refractivity contribution in [2.45, 2.75) is 45.9 Å². The van der Waals surface area contributed by atoms with Crippen LogP contribution in [0.4, 0.5) is 0 Å². The standard InChI is InChI=1S/C17H28N2O/c1-13(2)19-9-10-20-17(12-19)11-18-15(4)16-7-5-14(3)6-8-16/h5-8,13,15,17-18H,9-12H2,1-4H3/t15-,17?/m0/s1. The SMILES string of the molecule is Cc1ccc([C@H](C)NCC2CN(C(C)C)CCO2)cc1. The predicted molar refractivity (Wildman–Crippen MR) is 84.0 cm³/mol. The highest BCUT2D eigenvalue weighted by Gasteiger charge is 2.22. The van der Waals surface area contributed by atoms with Crippen LogP contribution in [0, 0.1) is 6.92 Å². The zero-order valence-electron chi connectivity index (χ0n) is 13.2. The molecule has 0 bridgehead atoms. The largest absolute Gasteiger partial charge is 0.374 e. The molecule has 1 unspecified atom stereocenters. The second kappa shape index (κ2) is 7.21. The van der Waals surface area contributed by atoms with Gasteiger partial charge in [0.05, 0.1) is 12.7 Å². The number of nitrogens with one attached hydrogen (secondary N) is 1. The third-order valence-corrected chi connectivity index (χ3v) is 4.13. The Bertz CT molecular complexity index is 402. The van der Waals surface area contributed by atoms with Crippen molar-refractivity contribution in [3.63, 3.8) is 0 Å². The third kappa shape index (κ3) is 4.30. The van der Waals surface area contributed by atoms with Gasteiger partial charge in [0.25, 0.3) is 0 Å². The van der Waals surface area contributed by atoms with Crippen molar-refractivity contribution in [3.8, 4) is 0 Å². The quantitative estimate of drug-likeness (QED) is 0.895. The maximum absolute atomic E-state index is 5.86. The minimum absolute atomic E-state index is 0.305. The molecule has 1 aliphatic heterocycles. The summed E-state index contributed by atoms with van der Waals surface area (Å²) in [6, 6.07) is 9.73. The van der Waals surface area contributed by atoms with Crippen LogP contribution >= 0.6 is 0 Å². The number of aryl methyl sites for hydroxylation is 1. The van der Waals surface area contributed by atoms with Gasteiger partial charge < -0.3 is 10.1 Å². The summed E-state index contributed by atoms with van der Waals surface area (Å²) in [6.45, 7) is 12.7. The van der Waals surface area contributed by atoms with Crippen LogP contribution in [0.3, 0.4) is 0 Å². The highest BCUT2D eigenvalue weighted by atomic mass is 16.5. The van der Waals surface area contributed by atoms with Gasteiger partial charge in [-0.3, -0.25) is 4.90 Å². The van der Waals surface area contributed by atoms with E-state index in [4.69, 9.17) is 4.74 Å². The highest BCUT2D eigenvalue weighted by Crippen LogP contribution is 2.14. The average molecular weight is 276 g/mol. The van der Waals surface area contributed by atoms with Gasteiger partial charge in [-0.25, -0.2) is 0 Å². The van der Waals surface area contributed by atoms with Crippen molar-refractivity contribution in [1.82, 2.24) is 10.2 Å². The van der Waals surface area contributed by atoms with Crippen molar-refractivity contribution in [2.75, 3.05) is 26.2 Å². The molecule has 1 aromatic rings. The van der Waals surface area contributed by atoms with Gasteiger partial charge in [-0.1, -0.05) is 29.8 Å². The second-order valence-electron chi connectivity index (χ2n) is 6.12. The van der Waals surface area contributed by atoms with Crippen LogP contribution in [0.15, 0.2) is 24.3 Å². The van der Waals surface area contributed by atoms with Crippen LogP contribution in [-0.4, -0.2) is 43.3 Å². The molecule has 1 saturated heterocycles. The first kappa shape index (κ1) is 15.5. The Hall–Kier alpha value is -0.900. The van der Waals surface area contributed by atoms with E-state index < -0.39 is 0 Å². The molecule has 1 aliphatic rings. The molecule has 0 aromatic heterocycles. The van der Waals surface area contributed by atoms with E-state index in [-0.39, 0.29) is 0 Å². The molecule has 112 valence electrons. The summed E-state index contributed by atoms with van der Waals surface area (Å²) in [5.41, 5.74) is 2.65. The highest BCUT2D eigenvalue weighted by molar-refractivity contribution is 5.23. The van der Waals surface area contributed by atoms with Crippen LogP contribution in [0.1, 0.15) is 37.9 Å². The van der Waals surface area contributed by atoms with E-state index in [0.717, 1.165) is 26.2 Å². The molecule has 1 heterocycles. The lowest BCUT2D eigenvalue weighted by molar-refractivity contribution is -0.0379. The molecule has 3 nitrogen and oxygen atoms in total. The number of nitrogens with zero attached hydrogens (tertiary/aromatic N) is 1. The van der Waals surface area contributed by atoms with Crippen LogP contribution in [0.2, 0.25) is 0 Å². The smallest absolute Gasteiger partial charge is 0.0827 e. The summed E-state index contributed by atoms with van der Waals surface area (Å²) in [6.07, 6.45) is 0.305. The first-order chi connectivity index (χ1) is 9.56. The topological polar surface area (TPSA) is 24.5 Å². The Morgan fingerprint density at radius 3 is 2.60 bits per heavy atom. The maximum atomic E-state index is 5.86. The zero-order valence-corrected chi connectivity index (χ0v) is 13.2. The fraction of sp³-hybridized carbons (Fsp3) is 0.647. The van der Waals surface area contributed by atoms with Gasteiger partial charge in [-0.2, -0.15) is 0 Å². The Labute approximate surface area is 123 Å². The van der Waals surface area contributed by atoms with Gasteiger partial charge >= 0.3 is 0 Å². The molecule has 0 saturated carbocycles. The fourth-order valence-electron chi connectivity index (χ4n) is 2.62. The lowest BCUT2D eigenvalue weighted by atomic mass is 10.1. The number of ether oxygens (including phenoxy) is 1. The molecular weight excluding hydrogens is 248 g/mol. The van der Waals surface area contributed by atoms with Gasteiger partial charge in [0.2, 0.25) is 0 Å². The minimum Gasteiger partial charge on any atom is -0.374 e. The monoisotopic (exact) mass is 276 g/mol. The first-order valence-electron chi connectivity index (χ1n) is 7.72. The summed E-state index contributed by atoms with van der Waals surface area (Å²) in [7, 11) is 0. The maximum Gasteiger partial charge on any atom is 0.0827 e. The van der Waals surface area contributed by atoms with E-state index in [9.17, 15) is 0 Å². The average Bonchev–Trinajstić information content (AvgIpc) is 2.46. The van der Waals surface area contributed by atoms with Crippen LogP contribution in [0.25, 0.3) is 0 Å². The molecule has 0 radical (unpaired) electrons. The Morgan fingerprint density at radius 1 is 1.25 bits per heavy atom. The molecule has 0 amide bonds. The van der Waals surface area contributed by atoms with Gasteiger partial charge in [0, 0.05) is 31.7 Å². The number of hydrogen-bond acceptors (Lipinski definition) is 3. The van der Waals surface area contributed by atoms with Crippen molar-refractivity contribution in [3.05, 3.63) is 35.4 Å². The van der Waals surface area contributed by atoms with Crippen molar-refractivity contribution in [2.24, 2.45) is 0 Å². The van der Waals surface area contributed by atoms with Crippen LogP contribution in [-0.2, 0) is 4.74 Å². The predicted octanol–water partition coefficient (Wildman–Crippen LogP) is 2.75. The normalized spacial score (nSPS) is 22.1. The van der Waals surface area contributed by atoms with Gasteiger partial charge in [0.15, 0.2) is 0 Å². The molecule has 2 atom stereocenters. The van der Waals surface area contributed by atoms with Gasteiger partial charge in [-0.15, -0.1) is 0 Å². The van der Waals surface area contributed by atoms with E-state index in [0.29, 0.717) is 18.2 Å². The first-order valence-corrected chi connectivity index (χ1v) is 7.72. The summed E-state index contributed by atoms with van der Waals surface area (Å²) in [5, 5.41) is 3.60. The summed E-state index contributed by atoms with van der Waals surface area (Å²) < 4.78 is 5.86. The van der Waals surface area contributed by atoms with E-state index in [1.807, 2.05) is 0 Å². The van der Waals surface area contributed by atoms with Gasteiger partial charge in [-0.05, 0) is 33.3 Å². The van der Waals surface area contributed by atoms with Crippen molar-refractivity contribution in [1.29, 1.82) is 0 Å². The summed E-state index contributed by atoms with van der Waals surface area (Å²) in [5.74, 6) is 0. The molecular formula is C17H28N2O. The molecule has 1 aromatic carbocycles. The Balaban J connectivity index is 1.81. The molecule has 3 heteroatoms. The fourth-order valence-corrected chi connectivity index (χ4v) is 2.62. The van der Waals surface area contributed by atoms with E-state index in [1.54, 1.807) is 0 Å². The molecule has 1 fully saturated rings. The lowest BCUT2D eigenvalue weighted by Gasteiger charge is -2.36. The molecule has 0 spiro atoms. The van der Waals surface area contributed by atoms with E-state index >= 15 is 0 Å². The number of morpholine rings is 1. The van der Waals surface area contributed by atoms with Crippen molar-refractivity contribution < 1.29 is 4.74 Å². The lowest BCUT2D eigenvalue weighted by Crippen LogP contribution is -2.49. The van der Waals surface area contributed by atoms with Gasteiger partial charge in [0.1, 0.15) is 0 Å². The summed E-state index contributed by atoms with van der Waals surface area (Å²) >= 11 is 0. The zero-order chi connectivity index (χ0) is 14.5. The van der Waals surface area contributed by atoms with E-state index in [2.05, 4.69) is 62.2 Å². The number of benzene rings is 1. The van der Waals surface area contributed by atoms with Crippen LogP contribution in [0.5, 0.6) is 0 Å². The molecule has 20 heavy (non-hydrogen) atoms. The summed E-state index contributed by atoms with van der Waals surface area (Å²) in [4.78, 5) is 2.49. The van der Waals surface area contributed by atoms with E-state index in [1.165, 1.54) is 11.1 Å². The molecule has 1 N–H and O–H groups in total. The Morgan fingerprint density at radius 2 is 1.95 bits per heavy atom. The molecule has 2 rings (SSSR count).